The first-order chi connectivity index (χ1) is 11.9. The topological polar surface area (TPSA) is 68.0 Å². The van der Waals surface area contributed by atoms with Crippen LogP contribution in [0.3, 0.4) is 0 Å². The number of aryl methyl sites for hydroxylation is 2. The molecule has 5 heteroatoms. The Labute approximate surface area is 150 Å². The molecule has 0 spiro atoms. The summed E-state index contributed by atoms with van der Waals surface area (Å²) in [6, 6.07) is 8.13. The number of hydrogen-bond acceptors (Lipinski definition) is 4. The van der Waals surface area contributed by atoms with E-state index in [4.69, 9.17) is 4.42 Å². The van der Waals surface area contributed by atoms with E-state index in [-0.39, 0.29) is 11.9 Å². The van der Waals surface area contributed by atoms with Crippen LogP contribution in [0, 0.1) is 12.8 Å². The number of carbonyl (C=O) groups is 1. The number of nitrogens with one attached hydrogen (secondary N) is 1. The lowest BCUT2D eigenvalue weighted by molar-refractivity contribution is -0.121. The number of amides is 1. The smallest absolute Gasteiger partial charge is 0.247 e. The summed E-state index contributed by atoms with van der Waals surface area (Å²) in [4.78, 5) is 12.0. The molecule has 25 heavy (non-hydrogen) atoms. The Bertz CT molecular complexity index is 662. The Balaban J connectivity index is 1.75. The standard InChI is InChI=1S/C20H29N3O2/c1-14(2)6-5-7-16(4)21-18(24)12-13-19-22-23-20(25-19)17-10-8-15(3)9-11-17/h8-11,14,16H,5-7,12-13H2,1-4H3,(H,21,24). The highest BCUT2D eigenvalue weighted by molar-refractivity contribution is 5.76. The predicted octanol–water partition coefficient (Wildman–Crippen LogP) is 4.31. The minimum absolute atomic E-state index is 0.0344. The minimum Gasteiger partial charge on any atom is -0.421 e. The van der Waals surface area contributed by atoms with Gasteiger partial charge < -0.3 is 9.73 Å². The average Bonchev–Trinajstić information content (AvgIpc) is 3.02. The third-order valence-corrected chi connectivity index (χ3v) is 4.16. The van der Waals surface area contributed by atoms with Gasteiger partial charge in [0.2, 0.25) is 17.7 Å². The third kappa shape index (κ3) is 6.69. The monoisotopic (exact) mass is 343 g/mol. The number of aromatic nitrogens is 2. The van der Waals surface area contributed by atoms with Gasteiger partial charge in [0, 0.05) is 24.4 Å². The Morgan fingerprint density at radius 1 is 1.12 bits per heavy atom. The summed E-state index contributed by atoms with van der Waals surface area (Å²) in [5.74, 6) is 1.74. The van der Waals surface area contributed by atoms with Gasteiger partial charge in [-0.1, -0.05) is 44.4 Å². The van der Waals surface area contributed by atoms with Crippen LogP contribution in [0.2, 0.25) is 0 Å². The summed E-state index contributed by atoms with van der Waals surface area (Å²) >= 11 is 0. The first-order valence-electron chi connectivity index (χ1n) is 9.13. The molecule has 0 aliphatic rings. The SMILES string of the molecule is Cc1ccc(-c2nnc(CCC(=O)NC(C)CCCC(C)C)o2)cc1. The summed E-state index contributed by atoms with van der Waals surface area (Å²) in [6.07, 6.45) is 4.18. The van der Waals surface area contributed by atoms with Gasteiger partial charge in [-0.2, -0.15) is 0 Å². The molecule has 0 radical (unpaired) electrons. The van der Waals surface area contributed by atoms with Crippen LogP contribution in [-0.2, 0) is 11.2 Å². The van der Waals surface area contributed by atoms with E-state index in [1.807, 2.05) is 31.2 Å². The Kier molecular flexibility index (Phi) is 7.16. The van der Waals surface area contributed by atoms with E-state index in [2.05, 4.69) is 36.3 Å². The average molecular weight is 343 g/mol. The summed E-state index contributed by atoms with van der Waals surface area (Å²) in [5.41, 5.74) is 2.08. The van der Waals surface area contributed by atoms with Crippen molar-refractivity contribution in [3.63, 3.8) is 0 Å². The molecule has 0 saturated heterocycles. The molecule has 1 atom stereocenters. The van der Waals surface area contributed by atoms with Crippen molar-refractivity contribution in [2.24, 2.45) is 5.92 Å². The minimum atomic E-state index is 0.0344. The normalized spacial score (nSPS) is 12.4. The molecule has 1 aromatic carbocycles. The maximum absolute atomic E-state index is 12.0. The van der Waals surface area contributed by atoms with E-state index in [0.29, 0.717) is 30.5 Å². The highest BCUT2D eigenvalue weighted by Crippen LogP contribution is 2.18. The number of rotatable bonds is 9. The highest BCUT2D eigenvalue weighted by atomic mass is 16.4. The molecule has 1 unspecified atom stereocenters. The molecule has 0 saturated carbocycles. The molecule has 1 aromatic heterocycles. The second kappa shape index (κ2) is 9.35. The fourth-order valence-corrected chi connectivity index (χ4v) is 2.64. The van der Waals surface area contributed by atoms with Crippen LogP contribution in [0.5, 0.6) is 0 Å². The molecule has 0 aliphatic heterocycles. The number of carbonyl (C=O) groups excluding carboxylic acids is 1. The van der Waals surface area contributed by atoms with Crippen LogP contribution >= 0.6 is 0 Å². The maximum atomic E-state index is 12.0. The van der Waals surface area contributed by atoms with E-state index in [9.17, 15) is 4.79 Å². The molecule has 0 aliphatic carbocycles. The van der Waals surface area contributed by atoms with Crippen LogP contribution in [0.15, 0.2) is 28.7 Å². The van der Waals surface area contributed by atoms with Crippen LogP contribution in [-0.4, -0.2) is 22.1 Å². The molecule has 1 amide bonds. The van der Waals surface area contributed by atoms with Gasteiger partial charge in [-0.3, -0.25) is 4.79 Å². The fraction of sp³-hybridized carbons (Fsp3) is 0.550. The zero-order chi connectivity index (χ0) is 18.2. The van der Waals surface area contributed by atoms with Crippen molar-refractivity contribution in [1.82, 2.24) is 15.5 Å². The molecular formula is C20H29N3O2. The molecule has 1 heterocycles. The molecule has 0 bridgehead atoms. The van der Waals surface area contributed by atoms with Crippen molar-refractivity contribution < 1.29 is 9.21 Å². The fourth-order valence-electron chi connectivity index (χ4n) is 2.64. The molecule has 2 rings (SSSR count). The first kappa shape index (κ1) is 19.2. The summed E-state index contributed by atoms with van der Waals surface area (Å²) in [6.45, 7) is 8.53. The zero-order valence-corrected chi connectivity index (χ0v) is 15.7. The van der Waals surface area contributed by atoms with E-state index in [1.54, 1.807) is 0 Å². The van der Waals surface area contributed by atoms with Crippen molar-refractivity contribution in [2.75, 3.05) is 0 Å². The van der Waals surface area contributed by atoms with Crippen LogP contribution in [0.25, 0.3) is 11.5 Å². The third-order valence-electron chi connectivity index (χ3n) is 4.16. The highest BCUT2D eigenvalue weighted by Gasteiger charge is 2.12. The predicted molar refractivity (Wildman–Crippen MR) is 99.1 cm³/mol. The van der Waals surface area contributed by atoms with Crippen molar-refractivity contribution in [3.8, 4) is 11.5 Å². The lowest BCUT2D eigenvalue weighted by atomic mass is 10.0. The van der Waals surface area contributed by atoms with Crippen molar-refractivity contribution in [1.29, 1.82) is 0 Å². The molecular weight excluding hydrogens is 314 g/mol. The number of hydrogen-bond donors (Lipinski definition) is 1. The van der Waals surface area contributed by atoms with Crippen molar-refractivity contribution in [3.05, 3.63) is 35.7 Å². The van der Waals surface area contributed by atoms with Gasteiger partial charge in [0.15, 0.2) is 0 Å². The van der Waals surface area contributed by atoms with E-state index < -0.39 is 0 Å². The van der Waals surface area contributed by atoms with Crippen LogP contribution < -0.4 is 5.32 Å². The van der Waals surface area contributed by atoms with Crippen molar-refractivity contribution >= 4 is 5.91 Å². The second-order valence-corrected chi connectivity index (χ2v) is 7.16. The molecule has 5 nitrogen and oxygen atoms in total. The Hall–Kier alpha value is -2.17. The van der Waals surface area contributed by atoms with Crippen LogP contribution in [0.4, 0.5) is 0 Å². The number of benzene rings is 1. The Morgan fingerprint density at radius 3 is 2.52 bits per heavy atom. The molecule has 136 valence electrons. The van der Waals surface area contributed by atoms with Gasteiger partial charge in [0.05, 0.1) is 0 Å². The quantitative estimate of drug-likeness (QED) is 0.737. The van der Waals surface area contributed by atoms with E-state index in [1.165, 1.54) is 12.0 Å². The summed E-state index contributed by atoms with van der Waals surface area (Å²) < 4.78 is 5.65. The van der Waals surface area contributed by atoms with Gasteiger partial charge in [-0.05, 0) is 38.3 Å². The maximum Gasteiger partial charge on any atom is 0.247 e. The Morgan fingerprint density at radius 2 is 1.84 bits per heavy atom. The summed E-state index contributed by atoms with van der Waals surface area (Å²) in [7, 11) is 0. The van der Waals surface area contributed by atoms with Crippen molar-refractivity contribution in [2.45, 2.75) is 65.8 Å². The molecule has 2 aromatic rings. The molecule has 1 N–H and O–H groups in total. The number of nitrogens with zero attached hydrogens (tertiary/aromatic N) is 2. The van der Waals surface area contributed by atoms with Gasteiger partial charge in [0.1, 0.15) is 0 Å². The largest absolute Gasteiger partial charge is 0.421 e. The lowest BCUT2D eigenvalue weighted by Crippen LogP contribution is -2.32. The van der Waals surface area contributed by atoms with Gasteiger partial charge in [-0.15, -0.1) is 10.2 Å². The first-order valence-corrected chi connectivity index (χ1v) is 9.13. The van der Waals surface area contributed by atoms with E-state index >= 15 is 0 Å². The zero-order valence-electron chi connectivity index (χ0n) is 15.7. The van der Waals surface area contributed by atoms with Crippen LogP contribution in [0.1, 0.15) is 57.9 Å². The van der Waals surface area contributed by atoms with Gasteiger partial charge in [-0.25, -0.2) is 0 Å². The summed E-state index contributed by atoms with van der Waals surface area (Å²) in [5, 5.41) is 11.1. The van der Waals surface area contributed by atoms with Gasteiger partial charge >= 0.3 is 0 Å². The van der Waals surface area contributed by atoms with Gasteiger partial charge in [0.25, 0.3) is 0 Å². The lowest BCUT2D eigenvalue weighted by Gasteiger charge is -2.14. The van der Waals surface area contributed by atoms with E-state index in [0.717, 1.165) is 18.4 Å². The molecule has 0 fully saturated rings. The second-order valence-electron chi connectivity index (χ2n) is 7.16.